The SMILES string of the molecule is Cc1cc(NCC(=O)N2CCCC2)nc(Cl)n1. The van der Waals surface area contributed by atoms with Crippen LogP contribution in [-0.2, 0) is 4.79 Å². The van der Waals surface area contributed by atoms with Gasteiger partial charge in [-0.1, -0.05) is 0 Å². The molecule has 1 aliphatic heterocycles. The van der Waals surface area contributed by atoms with Gasteiger partial charge >= 0.3 is 0 Å². The van der Waals surface area contributed by atoms with E-state index in [9.17, 15) is 4.79 Å². The summed E-state index contributed by atoms with van der Waals surface area (Å²) in [5.74, 6) is 0.699. The summed E-state index contributed by atoms with van der Waals surface area (Å²) in [5, 5.41) is 3.17. The van der Waals surface area contributed by atoms with Gasteiger partial charge in [-0.2, -0.15) is 0 Å². The van der Waals surface area contributed by atoms with E-state index in [2.05, 4.69) is 15.3 Å². The Labute approximate surface area is 105 Å². The number of hydrogen-bond donors (Lipinski definition) is 1. The predicted molar refractivity (Wildman–Crippen MR) is 66.1 cm³/mol. The monoisotopic (exact) mass is 254 g/mol. The van der Waals surface area contributed by atoms with Gasteiger partial charge in [0.05, 0.1) is 6.54 Å². The zero-order valence-corrected chi connectivity index (χ0v) is 10.5. The Bertz CT molecular complexity index is 398. The second kappa shape index (κ2) is 5.31. The van der Waals surface area contributed by atoms with Gasteiger partial charge in [-0.3, -0.25) is 4.79 Å². The molecule has 0 saturated carbocycles. The van der Waals surface area contributed by atoms with Gasteiger partial charge in [-0.25, -0.2) is 9.97 Å². The predicted octanol–water partition coefficient (Wildman–Crippen LogP) is 1.47. The van der Waals surface area contributed by atoms with E-state index in [0.717, 1.165) is 31.6 Å². The molecule has 0 aliphatic carbocycles. The minimum atomic E-state index is 0.106. The lowest BCUT2D eigenvalue weighted by Gasteiger charge is -2.15. The maximum atomic E-state index is 11.8. The number of carbonyl (C=O) groups is 1. The average molecular weight is 255 g/mol. The Hall–Kier alpha value is -1.36. The smallest absolute Gasteiger partial charge is 0.241 e. The first kappa shape index (κ1) is 12.1. The van der Waals surface area contributed by atoms with E-state index in [1.54, 1.807) is 6.07 Å². The van der Waals surface area contributed by atoms with Gasteiger partial charge in [-0.05, 0) is 31.4 Å². The Kier molecular flexibility index (Phi) is 3.78. The second-order valence-electron chi connectivity index (χ2n) is 4.11. The van der Waals surface area contributed by atoms with Gasteiger partial charge in [0.15, 0.2) is 0 Å². The van der Waals surface area contributed by atoms with Crippen LogP contribution in [0.3, 0.4) is 0 Å². The number of hydrogen-bond acceptors (Lipinski definition) is 4. The van der Waals surface area contributed by atoms with Gasteiger partial charge in [-0.15, -0.1) is 0 Å². The summed E-state index contributed by atoms with van der Waals surface area (Å²) in [5.41, 5.74) is 0.779. The molecular weight excluding hydrogens is 240 g/mol. The van der Waals surface area contributed by atoms with Gasteiger partial charge in [0.1, 0.15) is 5.82 Å². The van der Waals surface area contributed by atoms with Crippen LogP contribution >= 0.6 is 11.6 Å². The molecular formula is C11H15ClN4O. The molecule has 6 heteroatoms. The van der Waals surface area contributed by atoms with Crippen LogP contribution in [0.1, 0.15) is 18.5 Å². The van der Waals surface area contributed by atoms with Gasteiger partial charge in [0.2, 0.25) is 11.2 Å². The highest BCUT2D eigenvalue weighted by molar-refractivity contribution is 6.28. The molecule has 1 aromatic heterocycles. The van der Waals surface area contributed by atoms with Gasteiger partial charge in [0.25, 0.3) is 0 Å². The zero-order chi connectivity index (χ0) is 12.3. The number of amides is 1. The first-order chi connectivity index (χ1) is 8.15. The highest BCUT2D eigenvalue weighted by Crippen LogP contribution is 2.11. The largest absolute Gasteiger partial charge is 0.361 e. The lowest BCUT2D eigenvalue weighted by Crippen LogP contribution is -2.33. The van der Waals surface area contributed by atoms with Crippen molar-refractivity contribution in [1.82, 2.24) is 14.9 Å². The summed E-state index contributed by atoms with van der Waals surface area (Å²) < 4.78 is 0. The maximum absolute atomic E-state index is 11.8. The lowest BCUT2D eigenvalue weighted by molar-refractivity contribution is -0.128. The number of aromatic nitrogens is 2. The standard InChI is InChI=1S/C11H15ClN4O/c1-8-6-9(15-11(12)14-8)13-7-10(17)16-4-2-3-5-16/h6H,2-5,7H2,1H3,(H,13,14,15). The normalized spacial score (nSPS) is 15.1. The highest BCUT2D eigenvalue weighted by atomic mass is 35.5. The number of rotatable bonds is 3. The van der Waals surface area contributed by atoms with Crippen LogP contribution in [0.15, 0.2) is 6.07 Å². The van der Waals surface area contributed by atoms with Crippen LogP contribution in [0, 0.1) is 6.92 Å². The molecule has 0 atom stereocenters. The Morgan fingerprint density at radius 3 is 2.82 bits per heavy atom. The van der Waals surface area contributed by atoms with Crippen LogP contribution < -0.4 is 5.32 Å². The number of nitrogens with one attached hydrogen (secondary N) is 1. The molecule has 5 nitrogen and oxygen atoms in total. The summed E-state index contributed by atoms with van der Waals surface area (Å²) in [7, 11) is 0. The van der Waals surface area contributed by atoms with Crippen molar-refractivity contribution in [1.29, 1.82) is 0 Å². The number of halogens is 1. The quantitative estimate of drug-likeness (QED) is 0.830. The highest BCUT2D eigenvalue weighted by Gasteiger charge is 2.17. The van der Waals surface area contributed by atoms with E-state index in [-0.39, 0.29) is 17.7 Å². The molecule has 17 heavy (non-hydrogen) atoms. The van der Waals surface area contributed by atoms with E-state index in [1.165, 1.54) is 0 Å². The number of anilines is 1. The molecule has 1 fully saturated rings. The van der Waals surface area contributed by atoms with E-state index in [1.807, 2.05) is 11.8 Å². The third kappa shape index (κ3) is 3.30. The van der Waals surface area contributed by atoms with Crippen molar-refractivity contribution in [3.63, 3.8) is 0 Å². The van der Waals surface area contributed by atoms with Crippen LogP contribution in [0.25, 0.3) is 0 Å². The number of carbonyl (C=O) groups excluding carboxylic acids is 1. The van der Waals surface area contributed by atoms with Crippen LogP contribution in [0.2, 0.25) is 5.28 Å². The molecule has 0 spiro atoms. The summed E-state index contributed by atoms with van der Waals surface area (Å²) in [6, 6.07) is 1.77. The maximum Gasteiger partial charge on any atom is 0.241 e. The average Bonchev–Trinajstić information content (AvgIpc) is 2.78. The topological polar surface area (TPSA) is 58.1 Å². The Morgan fingerprint density at radius 1 is 1.47 bits per heavy atom. The van der Waals surface area contributed by atoms with Crippen LogP contribution in [0.4, 0.5) is 5.82 Å². The van der Waals surface area contributed by atoms with Crippen molar-refractivity contribution < 1.29 is 4.79 Å². The summed E-state index contributed by atoms with van der Waals surface area (Å²) in [6.07, 6.45) is 2.20. The summed E-state index contributed by atoms with van der Waals surface area (Å²) in [6.45, 7) is 3.82. The fourth-order valence-electron chi connectivity index (χ4n) is 1.87. The number of nitrogens with zero attached hydrogens (tertiary/aromatic N) is 3. The lowest BCUT2D eigenvalue weighted by atomic mass is 10.4. The van der Waals surface area contributed by atoms with Crippen LogP contribution in [0.5, 0.6) is 0 Å². The molecule has 92 valence electrons. The zero-order valence-electron chi connectivity index (χ0n) is 9.74. The molecule has 1 amide bonds. The van der Waals surface area contributed by atoms with Crippen molar-refractivity contribution in [2.24, 2.45) is 0 Å². The van der Waals surface area contributed by atoms with Crippen LogP contribution in [-0.4, -0.2) is 40.4 Å². The number of aryl methyl sites for hydroxylation is 1. The third-order valence-corrected chi connectivity index (χ3v) is 2.88. The molecule has 2 heterocycles. The van der Waals surface area contributed by atoms with E-state index in [0.29, 0.717) is 5.82 Å². The Morgan fingerprint density at radius 2 is 2.18 bits per heavy atom. The first-order valence-corrected chi connectivity index (χ1v) is 6.06. The van der Waals surface area contributed by atoms with E-state index in [4.69, 9.17) is 11.6 Å². The minimum Gasteiger partial charge on any atom is -0.361 e. The fourth-order valence-corrected chi connectivity index (χ4v) is 2.09. The van der Waals surface area contributed by atoms with Gasteiger partial charge < -0.3 is 10.2 Å². The van der Waals surface area contributed by atoms with Crippen molar-refractivity contribution in [2.45, 2.75) is 19.8 Å². The number of likely N-dealkylation sites (tertiary alicyclic amines) is 1. The molecule has 1 saturated heterocycles. The molecule has 0 radical (unpaired) electrons. The molecule has 1 N–H and O–H groups in total. The molecule has 1 aliphatic rings. The summed E-state index contributed by atoms with van der Waals surface area (Å²) in [4.78, 5) is 21.6. The van der Waals surface area contributed by atoms with Crippen molar-refractivity contribution >= 4 is 23.3 Å². The van der Waals surface area contributed by atoms with E-state index < -0.39 is 0 Å². The molecule has 1 aromatic rings. The fraction of sp³-hybridized carbons (Fsp3) is 0.545. The van der Waals surface area contributed by atoms with Crippen molar-refractivity contribution in [3.05, 3.63) is 17.0 Å². The third-order valence-electron chi connectivity index (χ3n) is 2.71. The molecule has 0 unspecified atom stereocenters. The molecule has 0 bridgehead atoms. The molecule has 2 rings (SSSR count). The molecule has 0 aromatic carbocycles. The van der Waals surface area contributed by atoms with Crippen molar-refractivity contribution in [2.75, 3.05) is 25.0 Å². The van der Waals surface area contributed by atoms with Crippen molar-refractivity contribution in [3.8, 4) is 0 Å². The Balaban J connectivity index is 1.90. The minimum absolute atomic E-state index is 0.106. The van der Waals surface area contributed by atoms with Gasteiger partial charge in [0, 0.05) is 24.8 Å². The first-order valence-electron chi connectivity index (χ1n) is 5.68. The second-order valence-corrected chi connectivity index (χ2v) is 4.44. The summed E-state index contributed by atoms with van der Waals surface area (Å²) >= 11 is 5.73. The van der Waals surface area contributed by atoms with E-state index >= 15 is 0 Å².